The van der Waals surface area contributed by atoms with Crippen molar-refractivity contribution in [3.8, 4) is 0 Å². The summed E-state index contributed by atoms with van der Waals surface area (Å²) in [4.78, 5) is 32.4. The molecular weight excluding hydrogens is 296 g/mol. The van der Waals surface area contributed by atoms with Gasteiger partial charge < -0.3 is 16.0 Å². The van der Waals surface area contributed by atoms with E-state index in [1.54, 1.807) is 0 Å². The Morgan fingerprint density at radius 3 is 2.95 bits per heavy atom. The van der Waals surface area contributed by atoms with E-state index in [-0.39, 0.29) is 17.2 Å². The van der Waals surface area contributed by atoms with Gasteiger partial charge in [0.15, 0.2) is 5.16 Å². The molecule has 0 aliphatic carbocycles. The Hall–Kier alpha value is -1.38. The number of carbonyl (C=O) groups excluding carboxylic acids is 1. The molecule has 6 nitrogen and oxygen atoms in total. The van der Waals surface area contributed by atoms with E-state index in [0.29, 0.717) is 28.5 Å². The van der Waals surface area contributed by atoms with Gasteiger partial charge in [-0.25, -0.2) is 4.98 Å². The number of thiophene rings is 1. The van der Waals surface area contributed by atoms with Crippen LogP contribution in [0.3, 0.4) is 0 Å². The van der Waals surface area contributed by atoms with Crippen LogP contribution >= 0.6 is 23.1 Å². The van der Waals surface area contributed by atoms with E-state index < -0.39 is 0 Å². The molecule has 4 N–H and O–H groups in total. The van der Waals surface area contributed by atoms with Crippen LogP contribution < -0.4 is 16.6 Å². The molecule has 2 aromatic rings. The molecule has 0 saturated heterocycles. The third-order valence-electron chi connectivity index (χ3n) is 2.82. The SMILES string of the molecule is Cc1sc2nc(SCC(=O)NCCN)[nH]c(=O)c2c1C. The highest BCUT2D eigenvalue weighted by Crippen LogP contribution is 2.27. The number of aromatic nitrogens is 2. The molecule has 2 rings (SSSR count). The number of aromatic amines is 1. The summed E-state index contributed by atoms with van der Waals surface area (Å²) in [5.41, 5.74) is 6.12. The zero-order valence-electron chi connectivity index (χ0n) is 11.3. The Morgan fingerprint density at radius 2 is 2.25 bits per heavy atom. The number of hydrogen-bond donors (Lipinski definition) is 3. The quantitative estimate of drug-likeness (QED) is 0.559. The van der Waals surface area contributed by atoms with Crippen LogP contribution in [0.5, 0.6) is 0 Å². The fraction of sp³-hybridized carbons (Fsp3) is 0.417. The first-order valence-electron chi connectivity index (χ1n) is 6.12. The van der Waals surface area contributed by atoms with E-state index in [2.05, 4.69) is 15.3 Å². The number of thioether (sulfide) groups is 1. The van der Waals surface area contributed by atoms with Gasteiger partial charge >= 0.3 is 0 Å². The number of rotatable bonds is 5. The summed E-state index contributed by atoms with van der Waals surface area (Å²) >= 11 is 2.70. The van der Waals surface area contributed by atoms with Crippen molar-refractivity contribution < 1.29 is 4.79 Å². The molecule has 0 aliphatic rings. The molecule has 20 heavy (non-hydrogen) atoms. The number of nitrogens with zero attached hydrogens (tertiary/aromatic N) is 1. The molecule has 1 amide bonds. The molecule has 0 fully saturated rings. The van der Waals surface area contributed by atoms with Gasteiger partial charge in [-0.15, -0.1) is 11.3 Å². The van der Waals surface area contributed by atoms with E-state index in [9.17, 15) is 9.59 Å². The Balaban J connectivity index is 2.16. The highest BCUT2D eigenvalue weighted by molar-refractivity contribution is 7.99. The van der Waals surface area contributed by atoms with Crippen molar-refractivity contribution in [3.05, 3.63) is 20.8 Å². The van der Waals surface area contributed by atoms with Crippen LogP contribution in [-0.2, 0) is 4.79 Å². The van der Waals surface area contributed by atoms with Gasteiger partial charge in [-0.2, -0.15) is 0 Å². The average Bonchev–Trinajstić information content (AvgIpc) is 2.69. The largest absolute Gasteiger partial charge is 0.354 e. The van der Waals surface area contributed by atoms with Crippen LogP contribution in [0.15, 0.2) is 9.95 Å². The van der Waals surface area contributed by atoms with Crippen LogP contribution in [-0.4, -0.2) is 34.7 Å². The van der Waals surface area contributed by atoms with Crippen molar-refractivity contribution in [2.45, 2.75) is 19.0 Å². The number of nitrogens with two attached hydrogens (primary N) is 1. The van der Waals surface area contributed by atoms with Gasteiger partial charge in [0.2, 0.25) is 5.91 Å². The lowest BCUT2D eigenvalue weighted by Gasteiger charge is -2.03. The molecular formula is C12H16N4O2S2. The van der Waals surface area contributed by atoms with E-state index in [1.807, 2.05) is 13.8 Å². The first kappa shape index (κ1) is 15.0. The summed E-state index contributed by atoms with van der Waals surface area (Å²) < 4.78 is 0. The van der Waals surface area contributed by atoms with Crippen LogP contribution in [0.4, 0.5) is 0 Å². The second kappa shape index (κ2) is 6.38. The molecule has 0 radical (unpaired) electrons. The highest BCUT2D eigenvalue weighted by atomic mass is 32.2. The van der Waals surface area contributed by atoms with Crippen molar-refractivity contribution in [1.82, 2.24) is 15.3 Å². The topological polar surface area (TPSA) is 101 Å². The molecule has 0 aromatic carbocycles. The van der Waals surface area contributed by atoms with Crippen molar-refractivity contribution in [3.63, 3.8) is 0 Å². The van der Waals surface area contributed by atoms with Gasteiger partial charge in [-0.1, -0.05) is 11.8 Å². The number of H-pyrrole nitrogens is 1. The number of amides is 1. The summed E-state index contributed by atoms with van der Waals surface area (Å²) in [5, 5.41) is 3.77. The Kier molecular flexibility index (Phi) is 4.79. The van der Waals surface area contributed by atoms with Crippen molar-refractivity contribution in [2.75, 3.05) is 18.8 Å². The van der Waals surface area contributed by atoms with Gasteiger partial charge in [-0.3, -0.25) is 9.59 Å². The van der Waals surface area contributed by atoms with Crippen molar-refractivity contribution >= 4 is 39.2 Å². The van der Waals surface area contributed by atoms with Crippen LogP contribution in [0.1, 0.15) is 10.4 Å². The summed E-state index contributed by atoms with van der Waals surface area (Å²) in [5.74, 6) is 0.0827. The highest BCUT2D eigenvalue weighted by Gasteiger charge is 2.12. The minimum Gasteiger partial charge on any atom is -0.354 e. The standard InChI is InChI=1S/C12H16N4O2S2/c1-6-7(2)20-11-9(6)10(18)15-12(16-11)19-5-8(17)14-4-3-13/h3-5,13H2,1-2H3,(H,14,17)(H,15,16,18). The van der Waals surface area contributed by atoms with Crippen LogP contribution in [0.25, 0.3) is 10.2 Å². The first-order valence-corrected chi connectivity index (χ1v) is 7.92. The molecule has 2 aromatic heterocycles. The fourth-order valence-corrected chi connectivity index (χ4v) is 3.48. The molecule has 0 aliphatic heterocycles. The summed E-state index contributed by atoms with van der Waals surface area (Å²) in [6, 6.07) is 0. The number of fused-ring (bicyclic) bond motifs is 1. The molecule has 8 heteroatoms. The molecule has 0 atom stereocenters. The van der Waals surface area contributed by atoms with Crippen LogP contribution in [0, 0.1) is 13.8 Å². The van der Waals surface area contributed by atoms with Gasteiger partial charge in [0.05, 0.1) is 11.1 Å². The summed E-state index contributed by atoms with van der Waals surface area (Å²) in [6.07, 6.45) is 0. The molecule has 0 saturated carbocycles. The lowest BCUT2D eigenvalue weighted by Crippen LogP contribution is -2.30. The van der Waals surface area contributed by atoms with Crippen LogP contribution in [0.2, 0.25) is 0 Å². The van der Waals surface area contributed by atoms with Gasteiger partial charge in [0.1, 0.15) is 4.83 Å². The number of carbonyl (C=O) groups is 1. The lowest BCUT2D eigenvalue weighted by molar-refractivity contribution is -0.118. The maximum absolute atomic E-state index is 12.0. The predicted octanol–water partition coefficient (Wildman–Crippen LogP) is 0.768. The zero-order chi connectivity index (χ0) is 14.7. The number of nitrogens with one attached hydrogen (secondary N) is 2. The van der Waals surface area contributed by atoms with Gasteiger partial charge in [0, 0.05) is 18.0 Å². The Bertz CT molecular complexity index is 693. The minimum atomic E-state index is -0.151. The van der Waals surface area contributed by atoms with E-state index in [1.165, 1.54) is 23.1 Å². The minimum absolute atomic E-state index is 0.123. The molecule has 0 unspecified atom stereocenters. The third kappa shape index (κ3) is 3.20. The van der Waals surface area contributed by atoms with Gasteiger partial charge in [0.25, 0.3) is 5.56 Å². The molecule has 2 heterocycles. The Labute approximate surface area is 124 Å². The lowest BCUT2D eigenvalue weighted by atomic mass is 10.2. The normalized spacial score (nSPS) is 10.9. The van der Waals surface area contributed by atoms with Crippen molar-refractivity contribution in [2.24, 2.45) is 5.73 Å². The third-order valence-corrected chi connectivity index (χ3v) is 4.80. The maximum atomic E-state index is 12.0. The fourth-order valence-electron chi connectivity index (χ4n) is 1.70. The summed E-state index contributed by atoms with van der Waals surface area (Å²) in [7, 11) is 0. The average molecular weight is 312 g/mol. The Morgan fingerprint density at radius 1 is 1.50 bits per heavy atom. The van der Waals surface area contributed by atoms with Crippen molar-refractivity contribution in [1.29, 1.82) is 0 Å². The zero-order valence-corrected chi connectivity index (χ0v) is 12.9. The molecule has 108 valence electrons. The second-order valence-corrected chi connectivity index (χ2v) is 6.43. The van der Waals surface area contributed by atoms with E-state index >= 15 is 0 Å². The predicted molar refractivity (Wildman–Crippen MR) is 82.5 cm³/mol. The molecule has 0 bridgehead atoms. The number of aryl methyl sites for hydroxylation is 2. The maximum Gasteiger partial charge on any atom is 0.260 e. The monoisotopic (exact) mass is 312 g/mol. The first-order chi connectivity index (χ1) is 9.52. The molecule has 0 spiro atoms. The second-order valence-electron chi connectivity index (χ2n) is 4.26. The summed E-state index contributed by atoms with van der Waals surface area (Å²) in [6.45, 7) is 4.74. The smallest absolute Gasteiger partial charge is 0.260 e. The van der Waals surface area contributed by atoms with E-state index in [0.717, 1.165) is 10.4 Å². The number of hydrogen-bond acceptors (Lipinski definition) is 6. The van der Waals surface area contributed by atoms with E-state index in [4.69, 9.17) is 5.73 Å². The van der Waals surface area contributed by atoms with Gasteiger partial charge in [-0.05, 0) is 19.4 Å².